The second-order valence-electron chi connectivity index (χ2n) is 3.72. The van der Waals surface area contributed by atoms with Crippen LogP contribution in [0.4, 0.5) is 4.39 Å². The van der Waals surface area contributed by atoms with E-state index < -0.39 is 6.17 Å². The van der Waals surface area contributed by atoms with E-state index in [-0.39, 0.29) is 0 Å². The van der Waals surface area contributed by atoms with Gasteiger partial charge in [-0.05, 0) is 55.6 Å². The summed E-state index contributed by atoms with van der Waals surface area (Å²) in [6, 6.07) is 3.71. The zero-order valence-corrected chi connectivity index (χ0v) is 9.51. The monoisotopic (exact) mass is 211 g/mol. The summed E-state index contributed by atoms with van der Waals surface area (Å²) in [6.45, 7) is 4.17. The molecule has 1 atom stereocenters. The van der Waals surface area contributed by atoms with E-state index in [2.05, 4.69) is 0 Å². The number of aryl methyl sites for hydroxylation is 2. The molecule has 0 aliphatic heterocycles. The number of hydrogen-bond donors (Lipinski definition) is 1. The standard InChI is InChI=1S/C12H18FNO/c1-8-7-12(15-3)9(2)6-10(8)11(13)4-5-14/h6-7,11H,4-5,14H2,1-3H3. The first kappa shape index (κ1) is 12.0. The minimum atomic E-state index is -0.973. The van der Waals surface area contributed by atoms with Crippen molar-refractivity contribution in [2.45, 2.75) is 26.4 Å². The minimum Gasteiger partial charge on any atom is -0.496 e. The van der Waals surface area contributed by atoms with Crippen LogP contribution in [-0.4, -0.2) is 13.7 Å². The molecular formula is C12H18FNO. The van der Waals surface area contributed by atoms with E-state index in [1.807, 2.05) is 26.0 Å². The Labute approximate surface area is 90.2 Å². The highest BCUT2D eigenvalue weighted by Gasteiger charge is 2.13. The molecule has 0 saturated heterocycles. The Balaban J connectivity index is 3.04. The van der Waals surface area contributed by atoms with Crippen LogP contribution in [-0.2, 0) is 0 Å². The SMILES string of the molecule is COc1cc(C)c(C(F)CCN)cc1C. The number of alkyl halides is 1. The highest BCUT2D eigenvalue weighted by Crippen LogP contribution is 2.29. The van der Waals surface area contributed by atoms with Gasteiger partial charge in [0.05, 0.1) is 7.11 Å². The molecule has 0 fully saturated rings. The van der Waals surface area contributed by atoms with Gasteiger partial charge >= 0.3 is 0 Å². The van der Waals surface area contributed by atoms with Crippen molar-refractivity contribution in [3.05, 3.63) is 28.8 Å². The normalized spacial score (nSPS) is 12.6. The van der Waals surface area contributed by atoms with E-state index >= 15 is 0 Å². The van der Waals surface area contributed by atoms with Gasteiger partial charge < -0.3 is 10.5 Å². The summed E-state index contributed by atoms with van der Waals surface area (Å²) < 4.78 is 18.9. The Morgan fingerprint density at radius 3 is 2.53 bits per heavy atom. The van der Waals surface area contributed by atoms with Crippen LogP contribution in [0.15, 0.2) is 12.1 Å². The van der Waals surface area contributed by atoms with Gasteiger partial charge in [-0.25, -0.2) is 4.39 Å². The maximum absolute atomic E-state index is 13.7. The number of methoxy groups -OCH3 is 1. The van der Waals surface area contributed by atoms with Gasteiger partial charge in [0.2, 0.25) is 0 Å². The van der Waals surface area contributed by atoms with Crippen LogP contribution in [0, 0.1) is 13.8 Å². The largest absolute Gasteiger partial charge is 0.496 e. The van der Waals surface area contributed by atoms with Gasteiger partial charge in [-0.15, -0.1) is 0 Å². The van der Waals surface area contributed by atoms with Crippen LogP contribution >= 0.6 is 0 Å². The smallest absolute Gasteiger partial charge is 0.127 e. The zero-order valence-electron chi connectivity index (χ0n) is 9.51. The minimum absolute atomic E-state index is 0.367. The van der Waals surface area contributed by atoms with Crippen LogP contribution in [0.2, 0.25) is 0 Å². The molecule has 0 spiro atoms. The predicted molar refractivity (Wildman–Crippen MR) is 60.0 cm³/mol. The third-order valence-corrected chi connectivity index (χ3v) is 2.54. The Hall–Kier alpha value is -1.09. The van der Waals surface area contributed by atoms with Crippen molar-refractivity contribution < 1.29 is 9.13 Å². The van der Waals surface area contributed by atoms with Crippen LogP contribution < -0.4 is 10.5 Å². The molecule has 2 N–H and O–H groups in total. The molecule has 0 radical (unpaired) electrons. The third kappa shape index (κ3) is 2.69. The fourth-order valence-corrected chi connectivity index (χ4v) is 1.67. The highest BCUT2D eigenvalue weighted by atomic mass is 19.1. The number of hydrogen-bond acceptors (Lipinski definition) is 2. The molecule has 0 aliphatic rings. The van der Waals surface area contributed by atoms with E-state index in [9.17, 15) is 4.39 Å². The molecule has 1 rings (SSSR count). The number of ether oxygens (including phenoxy) is 1. The Morgan fingerprint density at radius 2 is 2.00 bits per heavy atom. The van der Waals surface area contributed by atoms with Crippen molar-refractivity contribution in [2.75, 3.05) is 13.7 Å². The summed E-state index contributed by atoms with van der Waals surface area (Å²) in [5.41, 5.74) is 7.94. The molecule has 0 aliphatic carbocycles. The second-order valence-corrected chi connectivity index (χ2v) is 3.72. The van der Waals surface area contributed by atoms with Gasteiger partial charge in [0, 0.05) is 0 Å². The average molecular weight is 211 g/mol. The van der Waals surface area contributed by atoms with Crippen molar-refractivity contribution in [3.63, 3.8) is 0 Å². The van der Waals surface area contributed by atoms with E-state index in [1.54, 1.807) is 7.11 Å². The number of benzene rings is 1. The van der Waals surface area contributed by atoms with Gasteiger partial charge in [0.1, 0.15) is 11.9 Å². The Bertz CT molecular complexity index is 339. The number of halogens is 1. The predicted octanol–water partition coefficient (Wildman–Crippen LogP) is 2.67. The first-order valence-corrected chi connectivity index (χ1v) is 5.09. The summed E-state index contributed by atoms with van der Waals surface area (Å²) in [6.07, 6.45) is -0.605. The molecule has 0 saturated carbocycles. The molecule has 3 heteroatoms. The second kappa shape index (κ2) is 5.12. The maximum Gasteiger partial charge on any atom is 0.127 e. The van der Waals surface area contributed by atoms with Crippen molar-refractivity contribution in [1.82, 2.24) is 0 Å². The first-order chi connectivity index (χ1) is 7.10. The van der Waals surface area contributed by atoms with E-state index in [1.165, 1.54) is 0 Å². The van der Waals surface area contributed by atoms with E-state index in [0.29, 0.717) is 13.0 Å². The lowest BCUT2D eigenvalue weighted by molar-refractivity contribution is 0.325. The molecule has 1 aromatic carbocycles. The van der Waals surface area contributed by atoms with Gasteiger partial charge in [0.15, 0.2) is 0 Å². The van der Waals surface area contributed by atoms with Gasteiger partial charge in [-0.3, -0.25) is 0 Å². The summed E-state index contributed by atoms with van der Waals surface area (Å²) in [5, 5.41) is 0. The number of rotatable bonds is 4. The molecule has 2 nitrogen and oxygen atoms in total. The Morgan fingerprint density at radius 1 is 1.33 bits per heavy atom. The van der Waals surface area contributed by atoms with Crippen molar-refractivity contribution >= 4 is 0 Å². The molecule has 0 amide bonds. The summed E-state index contributed by atoms with van der Waals surface area (Å²) in [7, 11) is 1.62. The molecule has 0 heterocycles. The summed E-state index contributed by atoms with van der Waals surface area (Å²) in [4.78, 5) is 0. The van der Waals surface area contributed by atoms with Crippen LogP contribution in [0.5, 0.6) is 5.75 Å². The topological polar surface area (TPSA) is 35.2 Å². The first-order valence-electron chi connectivity index (χ1n) is 5.09. The number of nitrogens with two attached hydrogens (primary N) is 1. The summed E-state index contributed by atoms with van der Waals surface area (Å²) in [5.74, 6) is 0.802. The highest BCUT2D eigenvalue weighted by molar-refractivity contribution is 5.42. The lowest BCUT2D eigenvalue weighted by Crippen LogP contribution is -2.05. The molecule has 84 valence electrons. The van der Waals surface area contributed by atoms with Crippen molar-refractivity contribution in [2.24, 2.45) is 5.73 Å². The third-order valence-electron chi connectivity index (χ3n) is 2.54. The Kier molecular flexibility index (Phi) is 4.09. The fraction of sp³-hybridized carbons (Fsp3) is 0.500. The zero-order chi connectivity index (χ0) is 11.4. The average Bonchev–Trinajstić information content (AvgIpc) is 2.21. The van der Waals surface area contributed by atoms with Gasteiger partial charge in [-0.1, -0.05) is 0 Å². The van der Waals surface area contributed by atoms with E-state index in [0.717, 1.165) is 22.4 Å². The van der Waals surface area contributed by atoms with Crippen LogP contribution in [0.25, 0.3) is 0 Å². The lowest BCUT2D eigenvalue weighted by atomic mass is 9.99. The maximum atomic E-state index is 13.7. The fourth-order valence-electron chi connectivity index (χ4n) is 1.67. The lowest BCUT2D eigenvalue weighted by Gasteiger charge is -2.14. The molecule has 15 heavy (non-hydrogen) atoms. The molecule has 0 bridgehead atoms. The van der Waals surface area contributed by atoms with Crippen LogP contribution in [0.1, 0.15) is 29.3 Å². The molecular weight excluding hydrogens is 193 g/mol. The molecule has 1 aromatic rings. The van der Waals surface area contributed by atoms with Crippen molar-refractivity contribution in [3.8, 4) is 5.75 Å². The van der Waals surface area contributed by atoms with Crippen molar-refractivity contribution in [1.29, 1.82) is 0 Å². The quantitative estimate of drug-likeness (QED) is 0.831. The molecule has 1 unspecified atom stereocenters. The molecule has 0 aromatic heterocycles. The summed E-state index contributed by atoms with van der Waals surface area (Å²) >= 11 is 0. The van der Waals surface area contributed by atoms with Gasteiger partial charge in [0.25, 0.3) is 0 Å². The van der Waals surface area contributed by atoms with Gasteiger partial charge in [-0.2, -0.15) is 0 Å². The van der Waals surface area contributed by atoms with Crippen LogP contribution in [0.3, 0.4) is 0 Å². The van der Waals surface area contributed by atoms with E-state index in [4.69, 9.17) is 10.5 Å².